The average Bonchev–Trinajstić information content (AvgIpc) is 2.49. The number of hydrogen-bond acceptors (Lipinski definition) is 2. The van der Waals surface area contributed by atoms with Crippen molar-refractivity contribution in [1.29, 1.82) is 0 Å². The normalized spacial score (nSPS) is 10.5. The van der Waals surface area contributed by atoms with E-state index in [0.29, 0.717) is 10.8 Å². The van der Waals surface area contributed by atoms with Crippen molar-refractivity contribution in [2.45, 2.75) is 6.54 Å². The zero-order chi connectivity index (χ0) is 15.4. The van der Waals surface area contributed by atoms with E-state index in [1.807, 2.05) is 0 Å². The van der Waals surface area contributed by atoms with Gasteiger partial charge in [0.1, 0.15) is 16.9 Å². The molecule has 0 saturated heterocycles. The first-order chi connectivity index (χ1) is 10.0. The van der Waals surface area contributed by atoms with Crippen LogP contribution >= 0.6 is 34.8 Å². The lowest BCUT2D eigenvalue weighted by molar-refractivity contribution is -0.116. The van der Waals surface area contributed by atoms with E-state index < -0.39 is 5.82 Å². The van der Waals surface area contributed by atoms with Gasteiger partial charge in [0.2, 0.25) is 5.91 Å². The molecule has 7 heteroatoms. The number of amides is 1. The average molecular weight is 348 g/mol. The van der Waals surface area contributed by atoms with Crippen LogP contribution in [0, 0.1) is 5.82 Å². The van der Waals surface area contributed by atoms with Crippen LogP contribution in [0.15, 0.2) is 36.5 Å². The van der Waals surface area contributed by atoms with Gasteiger partial charge in [-0.3, -0.25) is 4.79 Å². The topological polar surface area (TPSA) is 33.2 Å². The maximum atomic E-state index is 14.0. The minimum atomic E-state index is -0.562. The Hall–Kier alpha value is -1.36. The fourth-order valence-electron chi connectivity index (χ4n) is 1.76. The van der Waals surface area contributed by atoms with Gasteiger partial charge < -0.3 is 4.90 Å². The zero-order valence-corrected chi connectivity index (χ0v) is 13.0. The van der Waals surface area contributed by atoms with Crippen molar-refractivity contribution < 1.29 is 9.18 Å². The van der Waals surface area contributed by atoms with Gasteiger partial charge in [-0.25, -0.2) is 9.37 Å². The summed E-state index contributed by atoms with van der Waals surface area (Å²) in [4.78, 5) is 17.2. The van der Waals surface area contributed by atoms with Gasteiger partial charge in [0, 0.05) is 5.56 Å². The van der Waals surface area contributed by atoms with E-state index in [2.05, 4.69) is 4.98 Å². The number of carbonyl (C=O) groups excluding carboxylic acids is 1. The highest BCUT2D eigenvalue weighted by Crippen LogP contribution is 2.23. The van der Waals surface area contributed by atoms with Crippen LogP contribution < -0.4 is 4.90 Å². The number of carbonyl (C=O) groups is 1. The van der Waals surface area contributed by atoms with Crippen LogP contribution in [0.1, 0.15) is 5.56 Å². The third-order valence-corrected chi connectivity index (χ3v) is 3.54. The lowest BCUT2D eigenvalue weighted by Gasteiger charge is -2.22. The fraction of sp³-hybridized carbons (Fsp3) is 0.143. The number of rotatable bonds is 4. The summed E-state index contributed by atoms with van der Waals surface area (Å²) in [7, 11) is 0. The zero-order valence-electron chi connectivity index (χ0n) is 10.7. The van der Waals surface area contributed by atoms with E-state index in [0.717, 1.165) is 0 Å². The van der Waals surface area contributed by atoms with Crippen LogP contribution in [0.4, 0.5) is 10.1 Å². The van der Waals surface area contributed by atoms with E-state index >= 15 is 0 Å². The molecule has 110 valence electrons. The third-order valence-electron chi connectivity index (χ3n) is 2.80. The highest BCUT2D eigenvalue weighted by molar-refractivity contribution is 6.31. The largest absolute Gasteiger partial charge is 0.305 e. The van der Waals surface area contributed by atoms with Gasteiger partial charge in [0.25, 0.3) is 0 Å². The summed E-state index contributed by atoms with van der Waals surface area (Å²) in [6.45, 7) is 0.00125. The Morgan fingerprint density at radius 1 is 1.24 bits per heavy atom. The number of hydrogen-bond donors (Lipinski definition) is 0. The van der Waals surface area contributed by atoms with Gasteiger partial charge in [-0.2, -0.15) is 0 Å². The molecule has 0 spiro atoms. The molecule has 1 amide bonds. The van der Waals surface area contributed by atoms with Crippen molar-refractivity contribution in [1.82, 2.24) is 4.98 Å². The second-order valence-electron chi connectivity index (χ2n) is 4.17. The molecular formula is C14H10Cl3FN2O. The molecule has 0 bridgehead atoms. The van der Waals surface area contributed by atoms with E-state index in [9.17, 15) is 9.18 Å². The first-order valence-electron chi connectivity index (χ1n) is 5.93. The standard InChI is InChI=1S/C14H10Cl3FN2O/c15-6-13(21)20(10-4-5-12(17)19-7-10)8-9-2-1-3-11(16)14(9)18/h1-5,7H,6,8H2. The van der Waals surface area contributed by atoms with Gasteiger partial charge in [-0.05, 0) is 18.2 Å². The Morgan fingerprint density at radius 3 is 2.62 bits per heavy atom. The molecule has 2 aromatic rings. The van der Waals surface area contributed by atoms with Crippen LogP contribution in [-0.2, 0) is 11.3 Å². The second-order valence-corrected chi connectivity index (χ2v) is 5.23. The summed E-state index contributed by atoms with van der Waals surface area (Å²) < 4.78 is 14.0. The minimum Gasteiger partial charge on any atom is -0.305 e. The molecule has 0 aliphatic rings. The Morgan fingerprint density at radius 2 is 2.00 bits per heavy atom. The Kier molecular flexibility index (Phi) is 5.39. The lowest BCUT2D eigenvalue weighted by Crippen LogP contribution is -2.31. The second kappa shape index (κ2) is 7.07. The molecule has 1 aromatic heterocycles. The fourth-order valence-corrected chi connectivity index (χ4v) is 2.21. The quantitative estimate of drug-likeness (QED) is 0.610. The third kappa shape index (κ3) is 3.84. The molecule has 0 N–H and O–H groups in total. The molecule has 0 unspecified atom stereocenters. The smallest absolute Gasteiger partial charge is 0.242 e. The van der Waals surface area contributed by atoms with Gasteiger partial charge in [0.05, 0.1) is 23.5 Å². The van der Waals surface area contributed by atoms with Crippen LogP contribution in [0.3, 0.4) is 0 Å². The minimum absolute atomic E-state index is 0.00000331. The first-order valence-corrected chi connectivity index (χ1v) is 7.22. The summed E-state index contributed by atoms with van der Waals surface area (Å²) >= 11 is 17.1. The molecule has 0 saturated carbocycles. The number of nitrogens with zero attached hydrogens (tertiary/aromatic N) is 2. The first kappa shape index (κ1) is 16.0. The molecule has 0 fully saturated rings. The molecule has 2 rings (SSSR count). The monoisotopic (exact) mass is 346 g/mol. The van der Waals surface area contributed by atoms with Crippen LogP contribution in [-0.4, -0.2) is 16.8 Å². The van der Waals surface area contributed by atoms with Crippen molar-refractivity contribution in [2.75, 3.05) is 10.8 Å². The molecule has 3 nitrogen and oxygen atoms in total. The predicted molar refractivity (Wildman–Crippen MR) is 82.6 cm³/mol. The van der Waals surface area contributed by atoms with E-state index in [4.69, 9.17) is 34.8 Å². The molecule has 21 heavy (non-hydrogen) atoms. The number of halogens is 4. The number of alkyl halides is 1. The summed E-state index contributed by atoms with van der Waals surface area (Å²) in [6.07, 6.45) is 1.43. The van der Waals surface area contributed by atoms with Gasteiger partial charge >= 0.3 is 0 Å². The van der Waals surface area contributed by atoms with Crippen molar-refractivity contribution in [2.24, 2.45) is 0 Å². The molecule has 1 heterocycles. The van der Waals surface area contributed by atoms with Crippen LogP contribution in [0.5, 0.6) is 0 Å². The molecular weight excluding hydrogens is 338 g/mol. The van der Waals surface area contributed by atoms with Crippen molar-refractivity contribution in [3.8, 4) is 0 Å². The van der Waals surface area contributed by atoms with Crippen LogP contribution in [0.25, 0.3) is 0 Å². The maximum absolute atomic E-state index is 14.0. The summed E-state index contributed by atoms with van der Waals surface area (Å²) in [5, 5.41) is 0.297. The Labute approximate surface area is 136 Å². The summed E-state index contributed by atoms with van der Waals surface area (Å²) in [6, 6.07) is 7.77. The molecule has 0 atom stereocenters. The van der Waals surface area contributed by atoms with E-state index in [1.54, 1.807) is 24.3 Å². The maximum Gasteiger partial charge on any atom is 0.242 e. The summed E-state index contributed by atoms with van der Waals surface area (Å²) in [5.74, 6) is -1.17. The number of aromatic nitrogens is 1. The number of pyridine rings is 1. The Bertz CT molecular complexity index is 649. The highest BCUT2D eigenvalue weighted by Gasteiger charge is 2.18. The summed E-state index contributed by atoms with van der Waals surface area (Å²) in [5.41, 5.74) is 0.764. The van der Waals surface area contributed by atoms with Crippen molar-refractivity contribution >= 4 is 46.4 Å². The molecule has 0 aliphatic heterocycles. The van der Waals surface area contributed by atoms with Crippen LogP contribution in [0.2, 0.25) is 10.2 Å². The van der Waals surface area contributed by atoms with E-state index in [1.165, 1.54) is 17.2 Å². The Balaban J connectivity index is 2.35. The lowest BCUT2D eigenvalue weighted by atomic mass is 10.2. The van der Waals surface area contributed by atoms with Crippen molar-refractivity contribution in [3.63, 3.8) is 0 Å². The van der Waals surface area contributed by atoms with Gasteiger partial charge in [-0.1, -0.05) is 35.3 Å². The van der Waals surface area contributed by atoms with Crippen molar-refractivity contribution in [3.05, 3.63) is 58.1 Å². The van der Waals surface area contributed by atoms with Gasteiger partial charge in [0.15, 0.2) is 0 Å². The van der Waals surface area contributed by atoms with E-state index in [-0.39, 0.29) is 28.9 Å². The SMILES string of the molecule is O=C(CCl)N(Cc1cccc(Cl)c1F)c1ccc(Cl)nc1. The van der Waals surface area contributed by atoms with Gasteiger partial charge in [-0.15, -0.1) is 11.6 Å². The molecule has 0 radical (unpaired) electrons. The highest BCUT2D eigenvalue weighted by atomic mass is 35.5. The molecule has 0 aliphatic carbocycles. The number of anilines is 1. The molecule has 1 aromatic carbocycles. The predicted octanol–water partition coefficient (Wildman–Crippen LogP) is 4.30. The number of benzene rings is 1.